The predicted molar refractivity (Wildman–Crippen MR) is 95.9 cm³/mol. The molecule has 0 bridgehead atoms. The second kappa shape index (κ2) is 7.91. The van der Waals surface area contributed by atoms with Crippen molar-refractivity contribution in [3.05, 3.63) is 80.1 Å². The van der Waals surface area contributed by atoms with Gasteiger partial charge in [-0.2, -0.15) is 9.78 Å². The number of nitro groups is 1. The Morgan fingerprint density at radius 1 is 1.44 bits per heavy atom. The van der Waals surface area contributed by atoms with Crippen LogP contribution in [0.3, 0.4) is 0 Å². The van der Waals surface area contributed by atoms with Gasteiger partial charge in [-0.15, -0.1) is 0 Å². The van der Waals surface area contributed by atoms with Gasteiger partial charge in [-0.1, -0.05) is 12.1 Å². The number of carbonyl (C=O) groups is 1. The van der Waals surface area contributed by atoms with Gasteiger partial charge in [0.2, 0.25) is 0 Å². The quantitative estimate of drug-likeness (QED) is 0.362. The fraction of sp³-hybridized carbons (Fsp3) is 0.0625. The Labute approximate surface area is 159 Å². The van der Waals surface area contributed by atoms with Crippen LogP contribution in [0.5, 0.6) is 0 Å². The molecule has 0 atom stereocenters. The summed E-state index contributed by atoms with van der Waals surface area (Å²) in [6.45, 7) is 0.103. The van der Waals surface area contributed by atoms with Gasteiger partial charge >= 0.3 is 11.7 Å². The molecule has 3 aromatic rings. The molecular formula is C16H11BrFN5O4. The molecule has 0 aliphatic rings. The van der Waals surface area contributed by atoms with Gasteiger partial charge in [0.05, 0.1) is 17.5 Å². The summed E-state index contributed by atoms with van der Waals surface area (Å²) >= 11 is 3.05. The molecule has 2 heterocycles. The van der Waals surface area contributed by atoms with E-state index in [1.807, 2.05) is 0 Å². The number of benzene rings is 1. The van der Waals surface area contributed by atoms with Gasteiger partial charge in [-0.3, -0.25) is 4.79 Å². The highest BCUT2D eigenvalue weighted by Gasteiger charge is 2.19. The number of carbonyl (C=O) groups excluding carboxylic acids is 1. The van der Waals surface area contributed by atoms with Gasteiger partial charge in [0.1, 0.15) is 22.6 Å². The fourth-order valence-corrected chi connectivity index (χ4v) is 2.60. The van der Waals surface area contributed by atoms with E-state index in [1.165, 1.54) is 41.4 Å². The number of hydrazone groups is 1. The molecule has 0 aliphatic carbocycles. The summed E-state index contributed by atoms with van der Waals surface area (Å²) in [5, 5.41) is 18.3. The molecule has 0 fully saturated rings. The zero-order chi connectivity index (χ0) is 19.4. The van der Waals surface area contributed by atoms with Crippen molar-refractivity contribution >= 4 is 33.9 Å². The summed E-state index contributed by atoms with van der Waals surface area (Å²) in [5.74, 6) is -0.944. The van der Waals surface area contributed by atoms with E-state index in [0.29, 0.717) is 11.3 Å². The zero-order valence-corrected chi connectivity index (χ0v) is 15.1. The minimum absolute atomic E-state index is 0.00196. The van der Waals surface area contributed by atoms with E-state index in [-0.39, 0.29) is 22.6 Å². The van der Waals surface area contributed by atoms with Crippen LogP contribution in [0.1, 0.15) is 21.9 Å². The number of hydrogen-bond donors (Lipinski definition) is 1. The van der Waals surface area contributed by atoms with E-state index in [9.17, 15) is 19.3 Å². The SMILES string of the molecule is O=C(NN=Cc1cccc(F)c1)c1ccc(Cn2cc(Br)c([N+](=O)[O-])n2)o1. The van der Waals surface area contributed by atoms with Crippen LogP contribution in [-0.2, 0) is 6.54 Å². The maximum absolute atomic E-state index is 13.1. The van der Waals surface area contributed by atoms with E-state index in [1.54, 1.807) is 12.1 Å². The van der Waals surface area contributed by atoms with Crippen molar-refractivity contribution in [2.24, 2.45) is 5.10 Å². The first-order valence-electron chi connectivity index (χ1n) is 7.47. The second-order valence-electron chi connectivity index (χ2n) is 5.28. The summed E-state index contributed by atoms with van der Waals surface area (Å²) in [7, 11) is 0. The second-order valence-corrected chi connectivity index (χ2v) is 6.13. The van der Waals surface area contributed by atoms with E-state index in [4.69, 9.17) is 4.42 Å². The number of hydrogen-bond acceptors (Lipinski definition) is 6. The zero-order valence-electron chi connectivity index (χ0n) is 13.5. The Morgan fingerprint density at radius 2 is 2.26 bits per heavy atom. The Hall–Kier alpha value is -3.34. The minimum Gasteiger partial charge on any atom is -0.454 e. The van der Waals surface area contributed by atoms with Crippen molar-refractivity contribution in [2.75, 3.05) is 0 Å². The average Bonchev–Trinajstić information content (AvgIpc) is 3.22. The first-order valence-corrected chi connectivity index (χ1v) is 8.26. The van der Waals surface area contributed by atoms with Crippen molar-refractivity contribution in [3.8, 4) is 0 Å². The van der Waals surface area contributed by atoms with Gasteiger partial charge < -0.3 is 14.5 Å². The number of amides is 1. The molecule has 0 saturated heterocycles. The monoisotopic (exact) mass is 435 g/mol. The first-order chi connectivity index (χ1) is 12.9. The molecule has 0 aliphatic heterocycles. The van der Waals surface area contributed by atoms with E-state index in [2.05, 4.69) is 31.6 Å². The lowest BCUT2D eigenvalue weighted by molar-refractivity contribution is -0.390. The summed E-state index contributed by atoms with van der Waals surface area (Å²) < 4.78 is 20.0. The van der Waals surface area contributed by atoms with Gasteiger partial charge in [0.25, 0.3) is 0 Å². The lowest BCUT2D eigenvalue weighted by Crippen LogP contribution is -2.16. The molecule has 27 heavy (non-hydrogen) atoms. The van der Waals surface area contributed by atoms with Crippen molar-refractivity contribution in [2.45, 2.75) is 6.54 Å². The maximum Gasteiger partial charge on any atom is 0.404 e. The van der Waals surface area contributed by atoms with E-state index < -0.39 is 16.6 Å². The average molecular weight is 436 g/mol. The number of furan rings is 1. The van der Waals surface area contributed by atoms with Crippen LogP contribution in [0, 0.1) is 15.9 Å². The van der Waals surface area contributed by atoms with Gasteiger partial charge in [-0.25, -0.2) is 9.82 Å². The lowest BCUT2D eigenvalue weighted by atomic mass is 10.2. The topological polar surface area (TPSA) is 116 Å². The summed E-state index contributed by atoms with van der Waals surface area (Å²) in [5.41, 5.74) is 2.75. The highest BCUT2D eigenvalue weighted by Crippen LogP contribution is 2.22. The number of nitrogens with zero attached hydrogens (tertiary/aromatic N) is 4. The number of rotatable bonds is 6. The highest BCUT2D eigenvalue weighted by molar-refractivity contribution is 9.10. The Balaban J connectivity index is 1.62. The summed E-state index contributed by atoms with van der Waals surface area (Å²) in [6.07, 6.45) is 2.73. The summed E-state index contributed by atoms with van der Waals surface area (Å²) in [4.78, 5) is 22.2. The number of aromatic nitrogens is 2. The molecule has 0 radical (unpaired) electrons. The number of nitrogens with one attached hydrogen (secondary N) is 1. The highest BCUT2D eigenvalue weighted by atomic mass is 79.9. The minimum atomic E-state index is -0.613. The van der Waals surface area contributed by atoms with Crippen LogP contribution >= 0.6 is 15.9 Å². The third-order valence-corrected chi connectivity index (χ3v) is 3.86. The van der Waals surface area contributed by atoms with E-state index >= 15 is 0 Å². The largest absolute Gasteiger partial charge is 0.454 e. The fourth-order valence-electron chi connectivity index (χ4n) is 2.14. The van der Waals surface area contributed by atoms with Crippen molar-refractivity contribution < 1.29 is 18.5 Å². The van der Waals surface area contributed by atoms with Crippen LogP contribution in [-0.4, -0.2) is 26.8 Å². The standard InChI is InChI=1S/C16H11BrFN5O4/c17-13-9-22(21-15(13)23(25)26)8-12-4-5-14(27-12)16(24)20-19-7-10-2-1-3-11(18)6-10/h1-7,9H,8H2,(H,20,24). The molecule has 138 valence electrons. The third kappa shape index (κ3) is 4.64. The Bertz CT molecular complexity index is 1030. The van der Waals surface area contributed by atoms with Crippen LogP contribution < -0.4 is 5.43 Å². The van der Waals surface area contributed by atoms with Crippen molar-refractivity contribution in [1.82, 2.24) is 15.2 Å². The van der Waals surface area contributed by atoms with Crippen molar-refractivity contribution in [3.63, 3.8) is 0 Å². The maximum atomic E-state index is 13.1. The first kappa shape index (κ1) is 18.5. The third-order valence-electron chi connectivity index (χ3n) is 3.30. The molecule has 9 nitrogen and oxygen atoms in total. The van der Waals surface area contributed by atoms with Crippen LogP contribution in [0.4, 0.5) is 10.2 Å². The predicted octanol–water partition coefficient (Wildman–Crippen LogP) is 3.10. The molecular weight excluding hydrogens is 425 g/mol. The normalized spacial score (nSPS) is 11.0. The molecule has 1 aromatic carbocycles. The molecule has 0 spiro atoms. The number of halogens is 2. The Morgan fingerprint density at radius 3 is 2.96 bits per heavy atom. The van der Waals surface area contributed by atoms with Crippen LogP contribution in [0.2, 0.25) is 0 Å². The molecule has 11 heteroatoms. The van der Waals surface area contributed by atoms with Gasteiger partial charge in [0.15, 0.2) is 5.76 Å². The Kier molecular flexibility index (Phi) is 5.41. The smallest absolute Gasteiger partial charge is 0.404 e. The molecule has 2 aromatic heterocycles. The molecule has 0 saturated carbocycles. The molecule has 3 rings (SSSR count). The van der Waals surface area contributed by atoms with Crippen LogP contribution in [0.25, 0.3) is 0 Å². The van der Waals surface area contributed by atoms with Crippen LogP contribution in [0.15, 0.2) is 56.6 Å². The molecule has 1 amide bonds. The molecule has 0 unspecified atom stereocenters. The van der Waals surface area contributed by atoms with Crippen molar-refractivity contribution in [1.29, 1.82) is 0 Å². The van der Waals surface area contributed by atoms with Gasteiger partial charge in [-0.05, 0) is 50.7 Å². The summed E-state index contributed by atoms with van der Waals surface area (Å²) in [6, 6.07) is 8.71. The van der Waals surface area contributed by atoms with E-state index in [0.717, 1.165) is 0 Å². The molecule has 1 N–H and O–H groups in total. The lowest BCUT2D eigenvalue weighted by Gasteiger charge is -1.97. The van der Waals surface area contributed by atoms with Gasteiger partial charge in [0, 0.05) is 0 Å².